The van der Waals surface area contributed by atoms with E-state index in [0.29, 0.717) is 0 Å². The SMILES string of the molecule is N.[CH2]CCCCCCCCSCCCCCCCCCC. The highest BCUT2D eigenvalue weighted by atomic mass is 32.2. The Morgan fingerprint density at radius 2 is 0.952 bits per heavy atom. The third-order valence-electron chi connectivity index (χ3n) is 3.93. The molecule has 0 aromatic heterocycles. The van der Waals surface area contributed by atoms with Crippen molar-refractivity contribution in [3.05, 3.63) is 6.92 Å². The lowest BCUT2D eigenvalue weighted by Gasteiger charge is -2.03. The van der Waals surface area contributed by atoms with Crippen molar-refractivity contribution < 1.29 is 0 Å². The van der Waals surface area contributed by atoms with E-state index in [2.05, 4.69) is 25.6 Å². The Morgan fingerprint density at radius 1 is 0.571 bits per heavy atom. The molecule has 0 aromatic carbocycles. The fourth-order valence-electron chi connectivity index (χ4n) is 2.53. The minimum Gasteiger partial charge on any atom is -0.344 e. The lowest BCUT2D eigenvalue weighted by molar-refractivity contribution is 0.586. The molecule has 0 saturated heterocycles. The van der Waals surface area contributed by atoms with Crippen molar-refractivity contribution in [3.63, 3.8) is 0 Å². The van der Waals surface area contributed by atoms with Gasteiger partial charge in [0.2, 0.25) is 0 Å². The van der Waals surface area contributed by atoms with E-state index in [-0.39, 0.29) is 6.15 Å². The maximum Gasteiger partial charge on any atom is -0.00675 e. The molecule has 0 rings (SSSR count). The summed E-state index contributed by atoms with van der Waals surface area (Å²) in [7, 11) is 0. The Labute approximate surface area is 140 Å². The van der Waals surface area contributed by atoms with E-state index in [0.717, 1.165) is 6.42 Å². The third kappa shape index (κ3) is 22.7. The van der Waals surface area contributed by atoms with Gasteiger partial charge in [0.15, 0.2) is 0 Å². The Kier molecular flexibility index (Phi) is 25.4. The summed E-state index contributed by atoms with van der Waals surface area (Å²) in [5.74, 6) is 2.79. The zero-order chi connectivity index (χ0) is 14.7. The van der Waals surface area contributed by atoms with Crippen LogP contribution in [-0.2, 0) is 0 Å². The summed E-state index contributed by atoms with van der Waals surface area (Å²) in [5, 5.41) is 0. The van der Waals surface area contributed by atoms with Gasteiger partial charge in [0, 0.05) is 0 Å². The molecule has 129 valence electrons. The first-order valence-electron chi connectivity index (χ1n) is 9.28. The molecule has 0 unspecified atom stereocenters. The van der Waals surface area contributed by atoms with Crippen molar-refractivity contribution in [2.24, 2.45) is 0 Å². The van der Waals surface area contributed by atoms with Crippen LogP contribution in [0.1, 0.15) is 103 Å². The molecule has 0 bridgehead atoms. The lowest BCUT2D eigenvalue weighted by Crippen LogP contribution is -1.87. The molecular weight excluding hydrogens is 274 g/mol. The molecule has 0 aromatic rings. The zero-order valence-electron chi connectivity index (χ0n) is 14.8. The highest BCUT2D eigenvalue weighted by Gasteiger charge is 1.94. The van der Waals surface area contributed by atoms with Crippen molar-refractivity contribution in [1.82, 2.24) is 6.15 Å². The largest absolute Gasteiger partial charge is 0.344 e. The van der Waals surface area contributed by atoms with Crippen LogP contribution in [0.15, 0.2) is 0 Å². The van der Waals surface area contributed by atoms with Crippen LogP contribution in [0.25, 0.3) is 0 Å². The second-order valence-electron chi connectivity index (χ2n) is 6.06. The van der Waals surface area contributed by atoms with Crippen molar-refractivity contribution in [2.75, 3.05) is 11.5 Å². The Hall–Kier alpha value is 0.310. The molecule has 21 heavy (non-hydrogen) atoms. The Morgan fingerprint density at radius 3 is 1.38 bits per heavy atom. The summed E-state index contributed by atoms with van der Waals surface area (Å²) in [6.07, 6.45) is 21.2. The van der Waals surface area contributed by atoms with Crippen LogP contribution in [0.3, 0.4) is 0 Å². The molecule has 0 aliphatic heterocycles. The Balaban J connectivity index is 0. The van der Waals surface area contributed by atoms with Gasteiger partial charge >= 0.3 is 0 Å². The van der Waals surface area contributed by atoms with E-state index in [1.165, 1.54) is 101 Å². The molecule has 0 atom stereocenters. The summed E-state index contributed by atoms with van der Waals surface area (Å²) in [4.78, 5) is 0. The summed E-state index contributed by atoms with van der Waals surface area (Å²) in [5.41, 5.74) is 0. The minimum absolute atomic E-state index is 0. The molecule has 0 amide bonds. The number of hydrogen-bond donors (Lipinski definition) is 1. The molecule has 0 aliphatic carbocycles. The van der Waals surface area contributed by atoms with Gasteiger partial charge in [-0.15, -0.1) is 0 Å². The first-order chi connectivity index (χ1) is 9.91. The zero-order valence-corrected chi connectivity index (χ0v) is 15.7. The van der Waals surface area contributed by atoms with E-state index in [1.807, 2.05) is 0 Å². The molecule has 0 saturated carbocycles. The van der Waals surface area contributed by atoms with Gasteiger partial charge in [0.25, 0.3) is 0 Å². The number of hydrogen-bond acceptors (Lipinski definition) is 2. The molecule has 0 aliphatic rings. The van der Waals surface area contributed by atoms with Crippen LogP contribution in [0.5, 0.6) is 0 Å². The molecule has 1 radical (unpaired) electrons. The van der Waals surface area contributed by atoms with E-state index in [4.69, 9.17) is 0 Å². The van der Waals surface area contributed by atoms with Crippen LogP contribution in [-0.4, -0.2) is 11.5 Å². The average Bonchev–Trinajstić information content (AvgIpc) is 2.47. The van der Waals surface area contributed by atoms with Gasteiger partial charge in [0.05, 0.1) is 0 Å². The molecule has 0 heterocycles. The van der Waals surface area contributed by atoms with Gasteiger partial charge in [-0.05, 0) is 24.3 Å². The molecule has 2 heteroatoms. The van der Waals surface area contributed by atoms with E-state index < -0.39 is 0 Å². The standard InChI is InChI=1S/C19H39S.H3N/c1-3-5-7-9-11-13-15-17-19-20-18-16-14-12-10-8-6-4-2;/h2-19H2,1H3;1H3. The summed E-state index contributed by atoms with van der Waals surface area (Å²) in [6.45, 7) is 6.18. The first kappa shape index (κ1) is 23.6. The van der Waals surface area contributed by atoms with E-state index in [9.17, 15) is 0 Å². The van der Waals surface area contributed by atoms with Crippen molar-refractivity contribution >= 4 is 11.8 Å². The lowest BCUT2D eigenvalue weighted by atomic mass is 10.1. The van der Waals surface area contributed by atoms with Crippen LogP contribution >= 0.6 is 11.8 Å². The minimum atomic E-state index is 0. The van der Waals surface area contributed by atoms with E-state index in [1.54, 1.807) is 0 Å². The fourth-order valence-corrected chi connectivity index (χ4v) is 3.55. The smallest absolute Gasteiger partial charge is 0.00675 e. The summed E-state index contributed by atoms with van der Waals surface area (Å²) >= 11 is 2.18. The molecule has 3 N–H and O–H groups in total. The fraction of sp³-hybridized carbons (Fsp3) is 0.947. The topological polar surface area (TPSA) is 35.0 Å². The van der Waals surface area contributed by atoms with Gasteiger partial charge in [-0.3, -0.25) is 0 Å². The van der Waals surface area contributed by atoms with Gasteiger partial charge in [0.1, 0.15) is 0 Å². The number of unbranched alkanes of at least 4 members (excludes halogenated alkanes) is 13. The van der Waals surface area contributed by atoms with Crippen molar-refractivity contribution in [3.8, 4) is 0 Å². The highest BCUT2D eigenvalue weighted by Crippen LogP contribution is 2.14. The maximum atomic E-state index is 3.89. The number of rotatable bonds is 17. The monoisotopic (exact) mass is 316 g/mol. The molecular formula is C19H42NS. The van der Waals surface area contributed by atoms with Gasteiger partial charge < -0.3 is 6.15 Å². The highest BCUT2D eigenvalue weighted by molar-refractivity contribution is 7.99. The Bertz CT molecular complexity index is 144. The maximum absolute atomic E-state index is 3.89. The van der Waals surface area contributed by atoms with Crippen LogP contribution in [0.2, 0.25) is 0 Å². The normalized spacial score (nSPS) is 10.6. The van der Waals surface area contributed by atoms with Gasteiger partial charge in [-0.1, -0.05) is 97.3 Å². The average molecular weight is 317 g/mol. The number of thioether (sulfide) groups is 1. The quantitative estimate of drug-likeness (QED) is 0.280. The van der Waals surface area contributed by atoms with Gasteiger partial charge in [-0.25, -0.2) is 0 Å². The van der Waals surface area contributed by atoms with Crippen LogP contribution in [0.4, 0.5) is 0 Å². The van der Waals surface area contributed by atoms with E-state index >= 15 is 0 Å². The second kappa shape index (κ2) is 22.6. The van der Waals surface area contributed by atoms with Crippen molar-refractivity contribution in [2.45, 2.75) is 103 Å². The van der Waals surface area contributed by atoms with Crippen LogP contribution < -0.4 is 6.15 Å². The second-order valence-corrected chi connectivity index (χ2v) is 7.29. The van der Waals surface area contributed by atoms with Crippen LogP contribution in [0, 0.1) is 6.92 Å². The molecule has 0 spiro atoms. The molecule has 1 nitrogen and oxygen atoms in total. The molecule has 0 fully saturated rings. The summed E-state index contributed by atoms with van der Waals surface area (Å²) < 4.78 is 0. The van der Waals surface area contributed by atoms with Gasteiger partial charge in [-0.2, -0.15) is 11.8 Å². The predicted molar refractivity (Wildman–Crippen MR) is 103 cm³/mol. The van der Waals surface area contributed by atoms with Crippen molar-refractivity contribution in [1.29, 1.82) is 0 Å². The predicted octanol–water partition coefficient (Wildman–Crippen LogP) is 7.59. The summed E-state index contributed by atoms with van der Waals surface area (Å²) in [6, 6.07) is 0. The third-order valence-corrected chi connectivity index (χ3v) is 5.09. The first-order valence-corrected chi connectivity index (χ1v) is 10.4.